The molecular weight excluding hydrogens is 340 g/mol. The van der Waals surface area contributed by atoms with Crippen LogP contribution in [0, 0.1) is 5.92 Å². The third-order valence-corrected chi connectivity index (χ3v) is 4.71. The van der Waals surface area contributed by atoms with Crippen LogP contribution in [-0.4, -0.2) is 20.9 Å². The van der Waals surface area contributed by atoms with Crippen LogP contribution in [0.5, 0.6) is 0 Å². The fraction of sp³-hybridized carbons (Fsp3) is 0.190. The second-order valence-corrected chi connectivity index (χ2v) is 6.91. The molecule has 4 aromatic rings. The minimum absolute atomic E-state index is 0.128. The van der Waals surface area contributed by atoms with Crippen LogP contribution in [0.1, 0.15) is 36.1 Å². The number of rotatable bonds is 4. The normalized spacial score (nSPS) is 12.6. The van der Waals surface area contributed by atoms with Gasteiger partial charge in [0.25, 0.3) is 11.5 Å². The summed E-state index contributed by atoms with van der Waals surface area (Å²) in [6, 6.07) is 14.6. The van der Waals surface area contributed by atoms with Crippen LogP contribution in [0.15, 0.2) is 59.5 Å². The van der Waals surface area contributed by atoms with Crippen LogP contribution in [0.3, 0.4) is 0 Å². The third-order valence-electron chi connectivity index (χ3n) is 4.71. The van der Waals surface area contributed by atoms with E-state index in [4.69, 9.17) is 0 Å². The molecule has 1 atom stereocenters. The number of hydrogen-bond acceptors (Lipinski definition) is 3. The van der Waals surface area contributed by atoms with Crippen LogP contribution in [0.2, 0.25) is 0 Å². The van der Waals surface area contributed by atoms with Gasteiger partial charge in [0.1, 0.15) is 5.82 Å². The van der Waals surface area contributed by atoms with Gasteiger partial charge in [-0.2, -0.15) is 0 Å². The highest BCUT2D eigenvalue weighted by Crippen LogP contribution is 2.23. The minimum atomic E-state index is -0.282. The number of aromatic amines is 2. The molecule has 1 amide bonds. The molecule has 0 radical (unpaired) electrons. The second-order valence-electron chi connectivity index (χ2n) is 6.91. The summed E-state index contributed by atoms with van der Waals surface area (Å²) < 4.78 is 0. The van der Waals surface area contributed by atoms with Crippen LogP contribution in [-0.2, 0) is 0 Å². The number of para-hydroxylation sites is 2. The Hall–Kier alpha value is -3.41. The van der Waals surface area contributed by atoms with Gasteiger partial charge in [0, 0.05) is 17.0 Å². The molecule has 2 aromatic heterocycles. The smallest absolute Gasteiger partial charge is 0.255 e. The van der Waals surface area contributed by atoms with E-state index < -0.39 is 0 Å². The molecule has 1 unspecified atom stereocenters. The lowest BCUT2D eigenvalue weighted by Crippen LogP contribution is -2.33. The molecule has 0 spiro atoms. The SMILES string of the molecule is CC(C)C(NC(=O)c1c[nH]c(=O)c2ccccc12)c1nc2ccccc2[nH]1. The molecule has 0 aliphatic heterocycles. The molecule has 0 bridgehead atoms. The van der Waals surface area contributed by atoms with Crippen molar-refractivity contribution < 1.29 is 4.79 Å². The summed E-state index contributed by atoms with van der Waals surface area (Å²) in [5.74, 6) is 0.596. The Morgan fingerprint density at radius 3 is 2.48 bits per heavy atom. The van der Waals surface area contributed by atoms with Crippen LogP contribution >= 0.6 is 0 Å². The van der Waals surface area contributed by atoms with Gasteiger partial charge < -0.3 is 15.3 Å². The molecule has 3 N–H and O–H groups in total. The van der Waals surface area contributed by atoms with Gasteiger partial charge in [-0.25, -0.2) is 4.98 Å². The maximum absolute atomic E-state index is 13.0. The fourth-order valence-corrected chi connectivity index (χ4v) is 3.29. The third kappa shape index (κ3) is 3.10. The van der Waals surface area contributed by atoms with E-state index in [1.165, 1.54) is 6.20 Å². The molecule has 0 saturated carbocycles. The summed E-state index contributed by atoms with van der Waals surface area (Å²) in [5, 5.41) is 4.19. The van der Waals surface area contributed by atoms with E-state index in [2.05, 4.69) is 20.3 Å². The van der Waals surface area contributed by atoms with Gasteiger partial charge in [-0.15, -0.1) is 0 Å². The van der Waals surface area contributed by atoms with Crippen LogP contribution in [0.25, 0.3) is 21.8 Å². The van der Waals surface area contributed by atoms with Crippen molar-refractivity contribution in [2.45, 2.75) is 19.9 Å². The Kier molecular flexibility index (Phi) is 4.24. The van der Waals surface area contributed by atoms with Gasteiger partial charge in [0.15, 0.2) is 0 Å². The fourth-order valence-electron chi connectivity index (χ4n) is 3.29. The number of H-pyrrole nitrogens is 2. The summed E-state index contributed by atoms with van der Waals surface area (Å²) in [6.45, 7) is 4.06. The number of nitrogens with one attached hydrogen (secondary N) is 3. The Morgan fingerprint density at radius 1 is 1.04 bits per heavy atom. The zero-order valence-electron chi connectivity index (χ0n) is 15.1. The molecule has 2 aromatic carbocycles. The number of pyridine rings is 1. The zero-order chi connectivity index (χ0) is 19.0. The average Bonchev–Trinajstić information content (AvgIpc) is 3.10. The number of nitrogens with zero attached hydrogens (tertiary/aromatic N) is 1. The van der Waals surface area contributed by atoms with Crippen molar-refractivity contribution in [3.63, 3.8) is 0 Å². The van der Waals surface area contributed by atoms with Crippen LogP contribution < -0.4 is 10.9 Å². The molecule has 0 saturated heterocycles. The highest BCUT2D eigenvalue weighted by molar-refractivity contribution is 6.06. The molecule has 27 heavy (non-hydrogen) atoms. The van der Waals surface area contributed by atoms with Crippen molar-refractivity contribution in [1.82, 2.24) is 20.3 Å². The largest absolute Gasteiger partial charge is 0.342 e. The van der Waals surface area contributed by atoms with E-state index >= 15 is 0 Å². The van der Waals surface area contributed by atoms with Crippen molar-refractivity contribution in [1.29, 1.82) is 0 Å². The van der Waals surface area contributed by atoms with E-state index in [1.54, 1.807) is 18.2 Å². The number of fused-ring (bicyclic) bond motifs is 2. The quantitative estimate of drug-likeness (QED) is 0.520. The first-order valence-electron chi connectivity index (χ1n) is 8.90. The number of hydrogen-bond donors (Lipinski definition) is 3. The zero-order valence-corrected chi connectivity index (χ0v) is 15.1. The van der Waals surface area contributed by atoms with E-state index in [9.17, 15) is 9.59 Å². The van der Waals surface area contributed by atoms with Crippen molar-refractivity contribution in [3.05, 3.63) is 76.5 Å². The number of carbonyl (C=O) groups excluding carboxylic acids is 1. The first-order chi connectivity index (χ1) is 13.0. The number of aromatic nitrogens is 3. The highest BCUT2D eigenvalue weighted by atomic mass is 16.2. The Bertz CT molecular complexity index is 1160. The van der Waals surface area contributed by atoms with Gasteiger partial charge in [-0.05, 0) is 24.1 Å². The second kappa shape index (κ2) is 6.72. The Labute approximate surface area is 155 Å². The van der Waals surface area contributed by atoms with Gasteiger partial charge >= 0.3 is 0 Å². The van der Waals surface area contributed by atoms with Gasteiger partial charge in [-0.1, -0.05) is 44.2 Å². The lowest BCUT2D eigenvalue weighted by molar-refractivity contribution is 0.0924. The van der Waals surface area contributed by atoms with Gasteiger partial charge in [0.05, 0.1) is 22.6 Å². The predicted molar refractivity (Wildman–Crippen MR) is 106 cm³/mol. The van der Waals surface area contributed by atoms with Crippen molar-refractivity contribution in [2.75, 3.05) is 0 Å². The van der Waals surface area contributed by atoms with Gasteiger partial charge in [-0.3, -0.25) is 9.59 Å². The molecule has 4 rings (SSSR count). The van der Waals surface area contributed by atoms with Crippen molar-refractivity contribution >= 4 is 27.7 Å². The number of imidazole rings is 1. The summed E-state index contributed by atoms with van der Waals surface area (Å²) in [7, 11) is 0. The van der Waals surface area contributed by atoms with E-state index in [-0.39, 0.29) is 23.4 Å². The number of amides is 1. The van der Waals surface area contributed by atoms with Gasteiger partial charge in [0.2, 0.25) is 0 Å². The summed E-state index contributed by atoms with van der Waals surface area (Å²) in [4.78, 5) is 35.6. The van der Waals surface area contributed by atoms with Crippen molar-refractivity contribution in [3.8, 4) is 0 Å². The summed E-state index contributed by atoms with van der Waals surface area (Å²) in [6.07, 6.45) is 1.47. The monoisotopic (exact) mass is 360 g/mol. The average molecular weight is 360 g/mol. The number of benzene rings is 2. The van der Waals surface area contributed by atoms with E-state index in [1.807, 2.05) is 44.2 Å². The molecule has 2 heterocycles. The molecule has 6 heteroatoms. The predicted octanol–water partition coefficient (Wildman–Crippen LogP) is 3.53. The Morgan fingerprint density at radius 2 is 1.74 bits per heavy atom. The molecule has 0 aliphatic rings. The van der Waals surface area contributed by atoms with E-state index in [0.717, 1.165) is 11.0 Å². The minimum Gasteiger partial charge on any atom is -0.342 e. The summed E-state index contributed by atoms with van der Waals surface area (Å²) >= 11 is 0. The Balaban J connectivity index is 1.71. The highest BCUT2D eigenvalue weighted by Gasteiger charge is 2.23. The molecular formula is C21H20N4O2. The molecule has 0 fully saturated rings. The summed E-state index contributed by atoms with van der Waals surface area (Å²) in [5.41, 5.74) is 2.02. The lowest BCUT2D eigenvalue weighted by atomic mass is 10.0. The maximum atomic E-state index is 13.0. The first kappa shape index (κ1) is 17.0. The maximum Gasteiger partial charge on any atom is 0.255 e. The topological polar surface area (TPSA) is 90.6 Å². The lowest BCUT2D eigenvalue weighted by Gasteiger charge is -2.20. The standard InChI is InChI=1S/C21H20N4O2/c1-12(2)18(19-23-16-9-5-6-10-17(16)24-19)25-21(27)15-11-22-20(26)14-8-4-3-7-13(14)15/h3-12,18H,1-2H3,(H,22,26)(H,23,24)(H,25,27). The molecule has 0 aliphatic carbocycles. The number of carbonyl (C=O) groups is 1. The molecule has 136 valence electrons. The molecule has 6 nitrogen and oxygen atoms in total. The van der Waals surface area contributed by atoms with E-state index in [0.29, 0.717) is 22.2 Å². The first-order valence-corrected chi connectivity index (χ1v) is 8.90. The van der Waals surface area contributed by atoms with Crippen molar-refractivity contribution in [2.24, 2.45) is 5.92 Å². The van der Waals surface area contributed by atoms with Crippen LogP contribution in [0.4, 0.5) is 0 Å².